The van der Waals surface area contributed by atoms with Crippen LogP contribution >= 0.6 is 0 Å². The lowest BCUT2D eigenvalue weighted by atomic mass is 9.73. The molecular weight excluding hydrogens is 1640 g/mol. The third-order valence-corrected chi connectivity index (χ3v) is 29.3. The molecule has 10 fully saturated rings. The van der Waals surface area contributed by atoms with Crippen LogP contribution in [0.3, 0.4) is 0 Å². The van der Waals surface area contributed by atoms with Crippen LogP contribution in [0.25, 0.3) is 44.5 Å². The maximum Gasteiger partial charge on any atom is 0.322 e. The molecule has 10 amide bonds. The molecule has 24 nitrogen and oxygen atoms in total. The first-order valence-electron chi connectivity index (χ1n) is 44.9. The van der Waals surface area contributed by atoms with Gasteiger partial charge in [-0.2, -0.15) is 4.31 Å². The molecule has 26 heteroatoms. The molecular formula is C102H116FN11O13S. The van der Waals surface area contributed by atoms with E-state index in [1.165, 1.54) is 95.9 Å². The molecule has 0 spiro atoms. The number of aryl methyl sites for hydroxylation is 4. The number of sulfonamides is 1. The van der Waals surface area contributed by atoms with Gasteiger partial charge in [0.25, 0.3) is 0 Å². The number of fused-ring (bicyclic) bond motifs is 4. The Morgan fingerprint density at radius 2 is 0.688 bits per heavy atom. The number of aliphatic hydroxyl groups is 2. The highest BCUT2D eigenvalue weighted by Gasteiger charge is 2.59. The first kappa shape index (κ1) is 89.7. The van der Waals surface area contributed by atoms with Gasteiger partial charge in [0.05, 0.1) is 87.6 Å². The van der Waals surface area contributed by atoms with Crippen LogP contribution < -0.4 is 16.0 Å². The maximum absolute atomic E-state index is 13.5. The van der Waals surface area contributed by atoms with E-state index >= 15 is 0 Å². The lowest BCUT2D eigenvalue weighted by molar-refractivity contribution is -0.160. The van der Waals surface area contributed by atoms with E-state index in [-0.39, 0.29) is 166 Å². The van der Waals surface area contributed by atoms with Gasteiger partial charge in [0.1, 0.15) is 25.5 Å². The third kappa shape index (κ3) is 18.7. The highest BCUT2D eigenvalue weighted by atomic mass is 32.2. The molecule has 8 heterocycles. The Kier molecular flexibility index (Phi) is 27.4. The van der Waals surface area contributed by atoms with E-state index in [0.717, 1.165) is 78.2 Å². The summed E-state index contributed by atoms with van der Waals surface area (Å²) in [5, 5.41) is 28.8. The second-order valence-corrected chi connectivity index (χ2v) is 37.9. The predicted molar refractivity (Wildman–Crippen MR) is 491 cm³/mol. The number of nitrogens with zero attached hydrogens (tertiary/aromatic N) is 8. The van der Waals surface area contributed by atoms with Crippen molar-refractivity contribution in [1.29, 1.82) is 0 Å². The number of nitrogens with one attached hydrogen (secondary N) is 3. The number of anilines is 1. The molecule has 0 radical (unpaired) electrons. The van der Waals surface area contributed by atoms with Gasteiger partial charge in [-0.15, -0.1) is 0 Å². The smallest absolute Gasteiger partial charge is 0.322 e. The minimum Gasteiger partial charge on any atom is -0.394 e. The molecule has 10 aliphatic rings. The minimum absolute atomic E-state index is 0.00922. The SMILES string of the molecule is COC[C@H]1[C@@H](c2ccc(-c3ccccc3C)cc2)[C@@H]2CN(C(=O)NC3CCCC3)CC(=O)N12.COC[C@H]1[C@H](c2ccc(-c3ccccc3C)cc2)[C@@H]2CN(C(=O)Nc3cccc(F)c3)CC(=O)N12.Cc1ccccc1-c1ccc([C@H]2[C@H](CO)N3C(=O)CN(S(C)(=O)=O)C[C@@H]23)cc1.Cc1ccccc1-c1ccc([C@H]2[C@H]3CN(C(=O)NC4CCCC4)CC(=O)N3[C@H]2CO)cc1. The zero-order chi connectivity index (χ0) is 89.8. The highest BCUT2D eigenvalue weighted by Crippen LogP contribution is 2.49. The van der Waals surface area contributed by atoms with Crippen molar-refractivity contribution in [2.45, 2.75) is 163 Å². The highest BCUT2D eigenvalue weighted by molar-refractivity contribution is 7.88. The topological polar surface area (TPSA) is 275 Å². The molecule has 670 valence electrons. The quantitative estimate of drug-likeness (QED) is 0.0535. The fraction of sp³-hybridized carbons (Fsp3) is 0.402. The zero-order valence-electron chi connectivity index (χ0n) is 73.8. The van der Waals surface area contributed by atoms with Crippen molar-refractivity contribution in [3.63, 3.8) is 0 Å². The molecule has 8 saturated heterocycles. The van der Waals surface area contributed by atoms with Gasteiger partial charge in [-0.3, -0.25) is 19.2 Å². The first-order valence-corrected chi connectivity index (χ1v) is 46.7. The Bertz CT molecular complexity index is 5640. The van der Waals surface area contributed by atoms with Crippen LogP contribution in [0.1, 0.15) is 120 Å². The summed E-state index contributed by atoms with van der Waals surface area (Å²) in [6.45, 7) is 10.9. The number of methoxy groups -OCH3 is 2. The molecule has 19 rings (SSSR count). The summed E-state index contributed by atoms with van der Waals surface area (Å²) in [6, 6.07) is 71.3. The Balaban J connectivity index is 0.000000126. The second kappa shape index (κ2) is 39.1. The number of rotatable bonds is 18. The monoisotopic (exact) mass is 1750 g/mol. The van der Waals surface area contributed by atoms with Crippen molar-refractivity contribution in [1.82, 2.24) is 49.2 Å². The Labute approximate surface area is 749 Å². The summed E-state index contributed by atoms with van der Waals surface area (Å²) in [7, 11) is -0.116. The van der Waals surface area contributed by atoms with Gasteiger partial charge >= 0.3 is 18.1 Å². The number of benzene rings is 9. The van der Waals surface area contributed by atoms with Crippen molar-refractivity contribution < 1.29 is 66.1 Å². The minimum atomic E-state index is -3.44. The molecule has 0 aromatic heterocycles. The Morgan fingerprint density at radius 3 is 0.992 bits per heavy atom. The van der Waals surface area contributed by atoms with Gasteiger partial charge < -0.3 is 69.9 Å². The number of halogens is 1. The fourth-order valence-electron chi connectivity index (χ4n) is 21.6. The average molecular weight is 1760 g/mol. The van der Waals surface area contributed by atoms with Crippen LogP contribution in [0.4, 0.5) is 24.5 Å². The Hall–Kier alpha value is -11.7. The number of ether oxygens (including phenoxy) is 2. The summed E-state index contributed by atoms with van der Waals surface area (Å²) in [5.41, 5.74) is 19.1. The zero-order valence-corrected chi connectivity index (χ0v) is 74.6. The van der Waals surface area contributed by atoms with E-state index in [4.69, 9.17) is 9.47 Å². The van der Waals surface area contributed by atoms with E-state index < -0.39 is 21.9 Å². The summed E-state index contributed by atoms with van der Waals surface area (Å²) >= 11 is 0. The number of piperazine rings is 4. The average Bonchev–Trinajstić information content (AvgIpc) is 0.751. The molecule has 5 N–H and O–H groups in total. The van der Waals surface area contributed by atoms with Gasteiger partial charge in [-0.25, -0.2) is 27.2 Å². The molecule has 0 bridgehead atoms. The number of aliphatic hydroxyl groups excluding tert-OH is 2. The summed E-state index contributed by atoms with van der Waals surface area (Å²) in [5.74, 6) is -0.687. The summed E-state index contributed by atoms with van der Waals surface area (Å²) in [6.07, 6.45) is 9.88. The van der Waals surface area contributed by atoms with Crippen LogP contribution in [-0.4, -0.2) is 259 Å². The molecule has 2 aliphatic carbocycles. The number of hydrogen-bond acceptors (Lipinski definition) is 13. The van der Waals surface area contributed by atoms with Crippen molar-refractivity contribution in [2.24, 2.45) is 0 Å². The number of carbonyl (C=O) groups is 7. The Morgan fingerprint density at radius 1 is 0.391 bits per heavy atom. The summed E-state index contributed by atoms with van der Waals surface area (Å²) in [4.78, 5) is 102. The number of amides is 10. The van der Waals surface area contributed by atoms with Crippen molar-refractivity contribution in [2.75, 3.05) is 105 Å². The number of hydrogen-bond donors (Lipinski definition) is 5. The van der Waals surface area contributed by atoms with Crippen LogP contribution in [0.5, 0.6) is 0 Å². The van der Waals surface area contributed by atoms with E-state index in [9.17, 15) is 56.6 Å². The van der Waals surface area contributed by atoms with Gasteiger partial charge in [0.15, 0.2) is 0 Å². The normalized spacial score (nSPS) is 24.2. The molecule has 9 aromatic carbocycles. The molecule has 128 heavy (non-hydrogen) atoms. The molecule has 9 aromatic rings. The molecule has 8 aliphatic heterocycles. The predicted octanol–water partition coefficient (Wildman–Crippen LogP) is 13.5. The van der Waals surface area contributed by atoms with Crippen LogP contribution in [-0.2, 0) is 38.7 Å². The van der Waals surface area contributed by atoms with Crippen LogP contribution in [0.15, 0.2) is 218 Å². The lowest BCUT2D eigenvalue weighted by Crippen LogP contribution is -2.74. The molecule has 12 atom stereocenters. The van der Waals surface area contributed by atoms with Gasteiger partial charge in [-0.05, 0) is 161 Å². The van der Waals surface area contributed by atoms with Gasteiger partial charge in [0, 0.05) is 81.8 Å². The lowest BCUT2D eigenvalue weighted by Gasteiger charge is -2.59. The van der Waals surface area contributed by atoms with E-state index in [1.807, 2.05) is 70.5 Å². The van der Waals surface area contributed by atoms with Crippen molar-refractivity contribution >= 4 is 57.4 Å². The summed E-state index contributed by atoms with van der Waals surface area (Å²) < 4.78 is 49.6. The number of carbonyl (C=O) groups excluding carboxylic acids is 7. The van der Waals surface area contributed by atoms with Gasteiger partial charge in [-0.1, -0.05) is 226 Å². The van der Waals surface area contributed by atoms with Gasteiger partial charge in [0.2, 0.25) is 33.7 Å². The van der Waals surface area contributed by atoms with Crippen LogP contribution in [0, 0.1) is 33.5 Å². The standard InChI is InChI=1S/C28H28FN3O3.C27H33N3O3.C26H31N3O3.C21H24N2O4S/c1-18-6-3-4-9-23(18)19-10-12-20(13-11-19)27-24-15-31(16-26(33)32(24)25(27)17-35-2)28(34)30-22-8-5-7-21(29)14-22;1-18-7-3-6-10-22(18)19-11-13-20(14-12-19)26-23-15-29(27(32)28-21-8-4-5-9-21)16-25(31)30(23)24(26)17-33-2;1-17-6-2-5-9-21(17)18-10-12-19(13-11-18)25-22-14-28(15-24(31)29(22)23(25)16-30)26(32)27-20-7-3-4-8-20;1-14-5-3-4-6-17(14)15-7-9-16(10-8-15)21-18-11-22(28(2,26)27)12-20(25)23(18)19(21)13-24/h3-14,24-25,27H,15-17H2,1-2H3,(H,30,34);3,6-7,10-14,21,23-24,26H,4-5,8-9,15-17H2,1-2H3,(H,28,32);2,5-6,9-13,20,22-23,25,30H,3-4,7-8,14-16H2,1H3,(H,27,32);3-10,18-19,21,24H,11-13H2,1-2H3/t24-,25-,27+;23-,24-,26-;22-,23+,25+;18-,19-,21+/m0010/s1. The molecule has 2 saturated carbocycles. The van der Waals surface area contributed by atoms with E-state index in [0.29, 0.717) is 38.5 Å². The fourth-order valence-corrected chi connectivity index (χ4v) is 22.3. The van der Waals surface area contributed by atoms with Crippen molar-refractivity contribution in [3.8, 4) is 44.5 Å². The number of urea groups is 3. The molecule has 0 unspecified atom stereocenters. The first-order chi connectivity index (χ1) is 61.9. The van der Waals surface area contributed by atoms with E-state index in [1.54, 1.807) is 39.9 Å². The third-order valence-electron chi connectivity index (χ3n) is 28.1. The van der Waals surface area contributed by atoms with Crippen molar-refractivity contribution in [3.05, 3.63) is 269 Å². The largest absolute Gasteiger partial charge is 0.394 e. The van der Waals surface area contributed by atoms with Crippen LogP contribution in [0.2, 0.25) is 0 Å². The second-order valence-electron chi connectivity index (χ2n) is 35.9. The van der Waals surface area contributed by atoms with E-state index in [2.05, 4.69) is 177 Å². The maximum atomic E-state index is 13.5.